The second kappa shape index (κ2) is 6.09. The number of ether oxygens (including phenoxy) is 1. The van der Waals surface area contributed by atoms with E-state index in [1.165, 1.54) is 0 Å². The van der Waals surface area contributed by atoms with E-state index in [9.17, 15) is 4.79 Å². The fourth-order valence-electron chi connectivity index (χ4n) is 2.58. The predicted molar refractivity (Wildman–Crippen MR) is 96.3 cm³/mol. The van der Waals surface area contributed by atoms with E-state index in [1.54, 1.807) is 10.6 Å². The van der Waals surface area contributed by atoms with Gasteiger partial charge in [-0.25, -0.2) is 4.98 Å². The molecule has 0 saturated carbocycles. The highest BCUT2D eigenvalue weighted by molar-refractivity contribution is 9.10. The molecule has 7 heteroatoms. The lowest BCUT2D eigenvalue weighted by molar-refractivity contribution is 0.259. The molecule has 1 aliphatic heterocycles. The van der Waals surface area contributed by atoms with Crippen molar-refractivity contribution in [3.05, 3.63) is 69.2 Å². The normalized spacial score (nSPS) is 15.1. The van der Waals surface area contributed by atoms with Crippen LogP contribution in [0.2, 0.25) is 0 Å². The SMILES string of the molecule is O=c1c2ccccc2nc2n1CCO/C2=N\Nc1ccccc1Br. The Bertz CT molecular complexity index is 1010. The molecule has 0 spiro atoms. The van der Waals surface area contributed by atoms with E-state index in [0.29, 0.717) is 35.8 Å². The van der Waals surface area contributed by atoms with E-state index >= 15 is 0 Å². The molecule has 1 aliphatic rings. The third-order valence-corrected chi connectivity index (χ3v) is 4.45. The lowest BCUT2D eigenvalue weighted by Gasteiger charge is -2.20. The molecule has 1 N–H and O–H groups in total. The summed E-state index contributed by atoms with van der Waals surface area (Å²) in [5, 5.41) is 4.89. The molecule has 0 saturated heterocycles. The molecule has 0 atom stereocenters. The summed E-state index contributed by atoms with van der Waals surface area (Å²) in [4.78, 5) is 17.2. The van der Waals surface area contributed by atoms with Gasteiger partial charge in [0.25, 0.3) is 11.5 Å². The number of hydrazone groups is 1. The quantitative estimate of drug-likeness (QED) is 0.689. The molecule has 120 valence electrons. The molecule has 3 aromatic rings. The van der Waals surface area contributed by atoms with Gasteiger partial charge in [-0.3, -0.25) is 14.8 Å². The van der Waals surface area contributed by atoms with Gasteiger partial charge in [0.15, 0.2) is 0 Å². The van der Waals surface area contributed by atoms with E-state index in [4.69, 9.17) is 4.74 Å². The van der Waals surface area contributed by atoms with Crippen LogP contribution in [0.5, 0.6) is 0 Å². The summed E-state index contributed by atoms with van der Waals surface area (Å²) in [6.07, 6.45) is 0. The Kier molecular flexibility index (Phi) is 3.78. The molecule has 24 heavy (non-hydrogen) atoms. The van der Waals surface area contributed by atoms with Crippen LogP contribution in [0.15, 0.2) is 62.9 Å². The summed E-state index contributed by atoms with van der Waals surface area (Å²) in [5.74, 6) is 0.740. The summed E-state index contributed by atoms with van der Waals surface area (Å²) in [6, 6.07) is 14.9. The summed E-state index contributed by atoms with van der Waals surface area (Å²) in [7, 11) is 0. The van der Waals surface area contributed by atoms with Gasteiger partial charge in [-0.1, -0.05) is 24.3 Å². The fourth-order valence-corrected chi connectivity index (χ4v) is 2.96. The van der Waals surface area contributed by atoms with Gasteiger partial charge in [0.05, 0.1) is 23.1 Å². The van der Waals surface area contributed by atoms with Crippen molar-refractivity contribution in [1.29, 1.82) is 0 Å². The smallest absolute Gasteiger partial charge is 0.275 e. The van der Waals surface area contributed by atoms with Crippen molar-refractivity contribution in [2.45, 2.75) is 6.54 Å². The van der Waals surface area contributed by atoms with Crippen LogP contribution in [0.25, 0.3) is 10.9 Å². The molecule has 0 radical (unpaired) electrons. The molecule has 4 rings (SSSR count). The van der Waals surface area contributed by atoms with Gasteiger partial charge < -0.3 is 4.74 Å². The van der Waals surface area contributed by atoms with Crippen LogP contribution >= 0.6 is 15.9 Å². The molecule has 1 aromatic heterocycles. The number of benzene rings is 2. The van der Waals surface area contributed by atoms with Gasteiger partial charge in [0.2, 0.25) is 5.82 Å². The Labute approximate surface area is 145 Å². The van der Waals surface area contributed by atoms with Crippen molar-refractivity contribution in [1.82, 2.24) is 9.55 Å². The average molecular weight is 385 g/mol. The molecule has 0 aliphatic carbocycles. The van der Waals surface area contributed by atoms with Crippen LogP contribution in [0.4, 0.5) is 5.69 Å². The Morgan fingerprint density at radius 2 is 1.96 bits per heavy atom. The molecule has 0 unspecified atom stereocenters. The average Bonchev–Trinajstić information content (AvgIpc) is 2.61. The number of hydrogen-bond donors (Lipinski definition) is 1. The number of anilines is 1. The third kappa shape index (κ3) is 2.56. The first-order valence-corrected chi connectivity index (χ1v) is 8.24. The Balaban J connectivity index is 1.80. The second-order valence-electron chi connectivity index (χ2n) is 5.27. The maximum absolute atomic E-state index is 12.6. The van der Waals surface area contributed by atoms with Crippen molar-refractivity contribution < 1.29 is 4.74 Å². The zero-order chi connectivity index (χ0) is 16.5. The molecule has 0 amide bonds. The van der Waals surface area contributed by atoms with Crippen molar-refractivity contribution >= 4 is 38.4 Å². The van der Waals surface area contributed by atoms with E-state index in [0.717, 1.165) is 10.2 Å². The highest BCUT2D eigenvalue weighted by Crippen LogP contribution is 2.21. The summed E-state index contributed by atoms with van der Waals surface area (Å²) in [5.41, 5.74) is 4.31. The Hall–Kier alpha value is -2.67. The maximum atomic E-state index is 12.6. The molecular weight excluding hydrogens is 372 g/mol. The van der Waals surface area contributed by atoms with Crippen LogP contribution in [-0.2, 0) is 11.3 Å². The van der Waals surface area contributed by atoms with Crippen molar-refractivity contribution in [2.75, 3.05) is 12.0 Å². The first kappa shape index (κ1) is 14.9. The van der Waals surface area contributed by atoms with Crippen molar-refractivity contribution in [3.8, 4) is 0 Å². The number of aromatic nitrogens is 2. The summed E-state index contributed by atoms with van der Waals surface area (Å²) >= 11 is 3.45. The Morgan fingerprint density at radius 1 is 1.17 bits per heavy atom. The maximum Gasteiger partial charge on any atom is 0.275 e. The number of nitrogens with zero attached hydrogens (tertiary/aromatic N) is 3. The minimum atomic E-state index is -0.0764. The van der Waals surface area contributed by atoms with Crippen LogP contribution in [0, 0.1) is 0 Å². The summed E-state index contributed by atoms with van der Waals surface area (Å²) in [6.45, 7) is 0.837. The Morgan fingerprint density at radius 3 is 2.83 bits per heavy atom. The minimum absolute atomic E-state index is 0.0764. The number of nitrogens with one attached hydrogen (secondary N) is 1. The van der Waals surface area contributed by atoms with Gasteiger partial charge in [-0.05, 0) is 40.2 Å². The number of fused-ring (bicyclic) bond motifs is 2. The van der Waals surface area contributed by atoms with Crippen molar-refractivity contribution in [3.63, 3.8) is 0 Å². The monoisotopic (exact) mass is 384 g/mol. The van der Waals surface area contributed by atoms with Crippen LogP contribution < -0.4 is 11.0 Å². The molecule has 6 nitrogen and oxygen atoms in total. The predicted octanol–water partition coefficient (Wildman–Crippen LogP) is 2.96. The lowest BCUT2D eigenvalue weighted by atomic mass is 10.2. The summed E-state index contributed by atoms with van der Waals surface area (Å²) < 4.78 is 8.11. The number of hydrogen-bond acceptors (Lipinski definition) is 5. The van der Waals surface area contributed by atoms with Gasteiger partial charge in [0, 0.05) is 4.47 Å². The molecule has 0 bridgehead atoms. The van der Waals surface area contributed by atoms with Gasteiger partial charge in [0.1, 0.15) is 6.61 Å². The zero-order valence-corrected chi connectivity index (χ0v) is 14.2. The molecular formula is C17H13BrN4O2. The van der Waals surface area contributed by atoms with Crippen LogP contribution in [0.1, 0.15) is 5.82 Å². The number of rotatable bonds is 2. The molecule has 2 aromatic carbocycles. The van der Waals surface area contributed by atoms with E-state index in [2.05, 4.69) is 31.4 Å². The van der Waals surface area contributed by atoms with Gasteiger partial charge in [-0.2, -0.15) is 0 Å². The number of para-hydroxylation sites is 2. The van der Waals surface area contributed by atoms with Gasteiger partial charge >= 0.3 is 0 Å². The largest absolute Gasteiger partial charge is 0.472 e. The highest BCUT2D eigenvalue weighted by atomic mass is 79.9. The molecule has 0 fully saturated rings. The lowest BCUT2D eigenvalue weighted by Crippen LogP contribution is -2.35. The standard InChI is InChI=1S/C17H13BrN4O2/c18-12-6-2-4-8-14(12)20-21-16-15-19-13-7-3-1-5-11(13)17(23)22(15)9-10-24-16/h1-8,20H,9-10H2/b21-16-. The van der Waals surface area contributed by atoms with Gasteiger partial charge in [-0.15, -0.1) is 5.10 Å². The molecule has 2 heterocycles. The minimum Gasteiger partial charge on any atom is -0.472 e. The van der Waals surface area contributed by atoms with E-state index < -0.39 is 0 Å². The number of halogens is 1. The van der Waals surface area contributed by atoms with Crippen LogP contribution in [0.3, 0.4) is 0 Å². The zero-order valence-electron chi connectivity index (χ0n) is 12.6. The third-order valence-electron chi connectivity index (χ3n) is 3.76. The first-order chi connectivity index (χ1) is 11.7. The van der Waals surface area contributed by atoms with E-state index in [-0.39, 0.29) is 5.56 Å². The second-order valence-corrected chi connectivity index (χ2v) is 6.12. The van der Waals surface area contributed by atoms with E-state index in [1.807, 2.05) is 42.5 Å². The topological polar surface area (TPSA) is 68.5 Å². The first-order valence-electron chi connectivity index (χ1n) is 7.45. The van der Waals surface area contributed by atoms with Crippen molar-refractivity contribution in [2.24, 2.45) is 5.10 Å². The fraction of sp³-hybridized carbons (Fsp3) is 0.118. The van der Waals surface area contributed by atoms with Crippen LogP contribution in [-0.4, -0.2) is 22.1 Å². The highest BCUT2D eigenvalue weighted by Gasteiger charge is 2.21.